The predicted octanol–water partition coefficient (Wildman–Crippen LogP) is 7.96. The molecule has 15 nitrogen and oxygen atoms in total. The van der Waals surface area contributed by atoms with Crippen LogP contribution < -0.4 is 34.3 Å². The average Bonchev–Trinajstić information content (AvgIpc) is 3.86. The number of aryl methyl sites for hydroxylation is 2. The molecule has 4 heterocycles. The van der Waals surface area contributed by atoms with Crippen LogP contribution in [-0.4, -0.2) is 103 Å². The molecule has 364 valence electrons. The van der Waals surface area contributed by atoms with E-state index in [0.29, 0.717) is 78.3 Å². The molecule has 0 unspecified atom stereocenters. The van der Waals surface area contributed by atoms with Crippen molar-refractivity contribution >= 4 is 52.4 Å². The molecule has 0 fully saturated rings. The molecule has 0 saturated carbocycles. The van der Waals surface area contributed by atoms with Crippen molar-refractivity contribution in [1.82, 2.24) is 5.43 Å². The van der Waals surface area contributed by atoms with Gasteiger partial charge in [0.1, 0.15) is 19.0 Å². The maximum Gasteiger partial charge on any atom is 0.261 e. The Morgan fingerprint density at radius 2 is 1.43 bits per heavy atom. The minimum absolute atomic E-state index is 0.0211. The lowest BCUT2D eigenvalue weighted by Gasteiger charge is -2.25. The van der Waals surface area contributed by atoms with Crippen molar-refractivity contribution in [2.45, 2.75) is 71.2 Å². The standard InChI is InChI=1S/C55H60N6O9/c1-35-22-45-39(14-15-42-26-40-10-6-8-12-48(40)60(42)54(45)63)28-50(35)69-33-37-23-38(25-43(24-37)59(32-36(2)58-56-3)53(62)16-17-67-20-21-68-19-18-65-4)34-70-52-30-47-46(29-51(52)66-5)55(64)61-44(31-57-47)27-41-11-7-9-13-49(41)61/h6-13,22-25,28-31,42,44,56H,14-21,26-27,32-34H2,1-5H3/b58-36+/t42-,44+/m1/s1. The van der Waals surface area contributed by atoms with Gasteiger partial charge in [-0.2, -0.15) is 5.10 Å². The number of hydrogen-bond acceptors (Lipinski definition) is 12. The molecule has 0 radical (unpaired) electrons. The number of aliphatic imine (C=N–C) groups is 1. The van der Waals surface area contributed by atoms with Crippen molar-refractivity contribution in [3.05, 3.63) is 136 Å². The number of nitrogens with zero attached hydrogens (tertiary/aromatic N) is 5. The van der Waals surface area contributed by atoms with Gasteiger partial charge in [0.2, 0.25) is 5.91 Å². The molecule has 1 N–H and O–H groups in total. The Labute approximate surface area is 409 Å². The summed E-state index contributed by atoms with van der Waals surface area (Å²) in [5.41, 5.74) is 13.3. The lowest BCUT2D eigenvalue weighted by atomic mass is 9.98. The fourth-order valence-electron chi connectivity index (χ4n) is 9.82. The Bertz CT molecular complexity index is 2830. The van der Waals surface area contributed by atoms with Crippen LogP contribution in [0, 0.1) is 6.92 Å². The minimum atomic E-state index is -0.205. The van der Waals surface area contributed by atoms with Gasteiger partial charge >= 0.3 is 0 Å². The smallest absolute Gasteiger partial charge is 0.261 e. The summed E-state index contributed by atoms with van der Waals surface area (Å²) in [5, 5.41) is 4.38. The predicted molar refractivity (Wildman–Crippen MR) is 270 cm³/mol. The Balaban J connectivity index is 0.991. The van der Waals surface area contributed by atoms with Gasteiger partial charge in [-0.3, -0.25) is 24.3 Å². The quantitative estimate of drug-likeness (QED) is 0.0462. The number of methoxy groups -OCH3 is 2. The summed E-state index contributed by atoms with van der Waals surface area (Å²) in [7, 11) is 4.88. The van der Waals surface area contributed by atoms with Crippen molar-refractivity contribution in [2.75, 3.05) is 75.5 Å². The number of para-hydroxylation sites is 2. The van der Waals surface area contributed by atoms with Crippen molar-refractivity contribution < 1.29 is 42.8 Å². The molecule has 9 rings (SSSR count). The van der Waals surface area contributed by atoms with E-state index in [1.165, 1.54) is 5.56 Å². The van der Waals surface area contributed by atoms with E-state index in [1.54, 1.807) is 43.2 Å². The highest BCUT2D eigenvalue weighted by Crippen LogP contribution is 2.42. The van der Waals surface area contributed by atoms with Gasteiger partial charge in [-0.05, 0) is 115 Å². The zero-order valence-electron chi connectivity index (χ0n) is 40.5. The van der Waals surface area contributed by atoms with Crippen LogP contribution in [0.1, 0.15) is 73.9 Å². The first-order chi connectivity index (χ1) is 34.1. The van der Waals surface area contributed by atoms with Crippen molar-refractivity contribution in [2.24, 2.45) is 10.1 Å². The van der Waals surface area contributed by atoms with Gasteiger partial charge in [-0.1, -0.05) is 36.4 Å². The van der Waals surface area contributed by atoms with Crippen LogP contribution in [0.15, 0.2) is 101 Å². The molecule has 0 spiro atoms. The number of amides is 3. The Morgan fingerprint density at radius 3 is 2.16 bits per heavy atom. The highest BCUT2D eigenvalue weighted by Gasteiger charge is 2.38. The van der Waals surface area contributed by atoms with Crippen molar-refractivity contribution in [1.29, 1.82) is 0 Å². The second-order valence-corrected chi connectivity index (χ2v) is 18.0. The molecule has 4 aliphatic rings. The lowest BCUT2D eigenvalue weighted by molar-refractivity contribution is -0.119. The first-order valence-electron chi connectivity index (χ1n) is 23.9. The van der Waals surface area contributed by atoms with Gasteiger partial charge in [0, 0.05) is 61.5 Å². The Hall–Kier alpha value is -7.07. The topological polar surface area (TPSA) is 153 Å². The van der Waals surface area contributed by atoms with Crippen molar-refractivity contribution in [3.8, 4) is 17.2 Å². The summed E-state index contributed by atoms with van der Waals surface area (Å²) in [6, 6.07) is 29.3. The summed E-state index contributed by atoms with van der Waals surface area (Å²) in [5.74, 6) is 1.17. The number of hydrazone groups is 1. The van der Waals surface area contributed by atoms with Crippen LogP contribution in [0.5, 0.6) is 17.2 Å². The third-order valence-corrected chi connectivity index (χ3v) is 13.2. The van der Waals surface area contributed by atoms with E-state index >= 15 is 0 Å². The number of rotatable bonds is 20. The van der Waals surface area contributed by atoms with Crippen LogP contribution >= 0.6 is 0 Å². The number of ether oxygens (including phenoxy) is 6. The first-order valence-corrected chi connectivity index (χ1v) is 23.9. The largest absolute Gasteiger partial charge is 0.493 e. The van der Waals surface area contributed by atoms with Crippen LogP contribution in [0.3, 0.4) is 0 Å². The first kappa shape index (κ1) is 48.0. The summed E-state index contributed by atoms with van der Waals surface area (Å²) in [6.45, 7) is 6.15. The summed E-state index contributed by atoms with van der Waals surface area (Å²) in [4.78, 5) is 52.7. The number of anilines is 3. The fourth-order valence-corrected chi connectivity index (χ4v) is 9.82. The second kappa shape index (κ2) is 21.7. The van der Waals surface area contributed by atoms with E-state index < -0.39 is 0 Å². The number of nitrogens with one attached hydrogen (secondary N) is 1. The van der Waals surface area contributed by atoms with E-state index in [2.05, 4.69) is 16.6 Å². The van der Waals surface area contributed by atoms with Crippen LogP contribution in [0.25, 0.3) is 0 Å². The van der Waals surface area contributed by atoms with E-state index in [1.807, 2.05) is 97.8 Å². The van der Waals surface area contributed by atoms with Gasteiger partial charge in [-0.25, -0.2) is 0 Å². The van der Waals surface area contributed by atoms with Gasteiger partial charge in [0.15, 0.2) is 11.5 Å². The fraction of sp³-hybridized carbons (Fsp3) is 0.364. The molecule has 5 aromatic carbocycles. The number of hydrogen-bond donors (Lipinski definition) is 1. The monoisotopic (exact) mass is 948 g/mol. The molecule has 0 aromatic heterocycles. The van der Waals surface area contributed by atoms with E-state index in [-0.39, 0.29) is 62.6 Å². The summed E-state index contributed by atoms with van der Waals surface area (Å²) >= 11 is 0. The molecular weight excluding hydrogens is 889 g/mol. The van der Waals surface area contributed by atoms with Gasteiger partial charge in [0.25, 0.3) is 11.8 Å². The minimum Gasteiger partial charge on any atom is -0.493 e. The third kappa shape index (κ3) is 10.3. The average molecular weight is 949 g/mol. The summed E-state index contributed by atoms with van der Waals surface area (Å²) in [6.07, 6.45) is 5.06. The molecule has 70 heavy (non-hydrogen) atoms. The van der Waals surface area contributed by atoms with Crippen LogP contribution in [-0.2, 0) is 51.5 Å². The highest BCUT2D eigenvalue weighted by molar-refractivity contribution is 6.15. The second-order valence-electron chi connectivity index (χ2n) is 18.0. The Kier molecular flexibility index (Phi) is 14.9. The number of carbonyl (C=O) groups excluding carboxylic acids is 3. The molecule has 0 aliphatic carbocycles. The van der Waals surface area contributed by atoms with Gasteiger partial charge in [-0.15, -0.1) is 0 Å². The molecule has 3 amide bonds. The maximum absolute atomic E-state index is 14.2. The van der Waals surface area contributed by atoms with E-state index in [9.17, 15) is 14.4 Å². The number of fused-ring (bicyclic) bond motifs is 8. The van der Waals surface area contributed by atoms with Crippen molar-refractivity contribution in [3.63, 3.8) is 0 Å². The molecule has 0 saturated heterocycles. The number of benzene rings is 5. The zero-order valence-corrected chi connectivity index (χ0v) is 40.5. The molecule has 5 aromatic rings. The zero-order chi connectivity index (χ0) is 48.7. The van der Waals surface area contributed by atoms with E-state index in [0.717, 1.165) is 58.5 Å². The molecular formula is C55H60N6O9. The Morgan fingerprint density at radius 1 is 0.757 bits per heavy atom. The van der Waals surface area contributed by atoms with Crippen LogP contribution in [0.4, 0.5) is 22.7 Å². The normalized spacial score (nSPS) is 16.6. The SMILES string of the molecule is CN/N=C(\C)CN(C(=O)CCOCCOCCOC)c1cc(COc2cc3c(cc2C)C(=O)N2c4ccccc4C[C@H]2CC3)cc(COc2cc3c(cc2OC)C(=O)N2c4ccccc4C[C@H]2C=N3)c1. The highest BCUT2D eigenvalue weighted by atomic mass is 16.5. The van der Waals surface area contributed by atoms with E-state index in [4.69, 9.17) is 33.4 Å². The van der Waals surface area contributed by atoms with Gasteiger partial charge in [0.05, 0.1) is 76.1 Å². The summed E-state index contributed by atoms with van der Waals surface area (Å²) < 4.78 is 35.4. The van der Waals surface area contributed by atoms with Crippen LogP contribution in [0.2, 0.25) is 0 Å². The van der Waals surface area contributed by atoms with Gasteiger partial charge < -0.3 is 43.6 Å². The molecule has 2 atom stereocenters. The molecule has 15 heteroatoms. The third-order valence-electron chi connectivity index (χ3n) is 13.2. The molecule has 4 aliphatic heterocycles. The number of carbonyl (C=O) groups is 3. The maximum atomic E-state index is 14.2. The molecule has 0 bridgehead atoms. The lowest BCUT2D eigenvalue weighted by Crippen LogP contribution is -2.37.